The van der Waals surface area contributed by atoms with Crippen molar-refractivity contribution in [3.8, 4) is 16.9 Å². The molecule has 0 bridgehead atoms. The molecular weight excluding hydrogens is 483 g/mol. The Bertz CT molecular complexity index is 1660. The van der Waals surface area contributed by atoms with E-state index in [0.717, 1.165) is 5.56 Å². The highest BCUT2D eigenvalue weighted by molar-refractivity contribution is 6.42. The van der Waals surface area contributed by atoms with Crippen molar-refractivity contribution in [1.29, 1.82) is 0 Å². The third-order valence-corrected chi connectivity index (χ3v) is 6.71. The van der Waals surface area contributed by atoms with Crippen LogP contribution >= 0.6 is 23.2 Å². The van der Waals surface area contributed by atoms with Gasteiger partial charge in [-0.3, -0.25) is 14.3 Å². The zero-order valence-corrected chi connectivity index (χ0v) is 20.4. The quantitative estimate of drug-likeness (QED) is 0.315. The fourth-order valence-electron chi connectivity index (χ4n) is 4.06. The molecule has 2 heterocycles. The van der Waals surface area contributed by atoms with Gasteiger partial charge in [-0.2, -0.15) is 0 Å². The number of fused-ring (bicyclic) bond motifs is 1. The van der Waals surface area contributed by atoms with Crippen molar-refractivity contribution >= 4 is 45.7 Å². The van der Waals surface area contributed by atoms with Gasteiger partial charge in [-0.1, -0.05) is 65.7 Å². The van der Waals surface area contributed by atoms with Crippen molar-refractivity contribution in [1.82, 2.24) is 14.3 Å². The molecule has 0 spiro atoms. The number of carbonyl (C=O) groups is 1. The van der Waals surface area contributed by atoms with Crippen LogP contribution in [0.25, 0.3) is 27.8 Å². The molecule has 0 aliphatic rings. The van der Waals surface area contributed by atoms with Crippen molar-refractivity contribution in [3.63, 3.8) is 0 Å². The second-order valence-corrected chi connectivity index (χ2v) is 8.91. The highest BCUT2D eigenvalue weighted by Gasteiger charge is 2.21. The molecule has 6 nitrogen and oxygen atoms in total. The van der Waals surface area contributed by atoms with E-state index in [2.05, 4.69) is 5.32 Å². The van der Waals surface area contributed by atoms with E-state index in [1.807, 2.05) is 54.6 Å². The van der Waals surface area contributed by atoms with Crippen LogP contribution in [-0.2, 0) is 7.05 Å². The zero-order valence-electron chi connectivity index (χ0n) is 18.9. The molecule has 174 valence electrons. The summed E-state index contributed by atoms with van der Waals surface area (Å²) in [5.41, 5.74) is 3.58. The van der Waals surface area contributed by atoms with Crippen LogP contribution in [0.15, 0.2) is 83.7 Å². The highest BCUT2D eigenvalue weighted by Crippen LogP contribution is 2.30. The first-order valence-electron chi connectivity index (χ1n) is 10.9. The van der Waals surface area contributed by atoms with E-state index in [1.165, 1.54) is 4.68 Å². The van der Waals surface area contributed by atoms with Crippen LogP contribution < -0.4 is 10.9 Å². The molecule has 0 aliphatic carbocycles. The lowest BCUT2D eigenvalue weighted by Gasteiger charge is -2.11. The lowest BCUT2D eigenvalue weighted by Crippen LogP contribution is -2.23. The lowest BCUT2D eigenvalue weighted by atomic mass is 10.0. The second-order valence-electron chi connectivity index (χ2n) is 8.09. The van der Waals surface area contributed by atoms with E-state index in [9.17, 15) is 9.59 Å². The van der Waals surface area contributed by atoms with E-state index in [4.69, 9.17) is 28.2 Å². The molecule has 35 heavy (non-hydrogen) atoms. The van der Waals surface area contributed by atoms with Crippen LogP contribution in [0.2, 0.25) is 10.0 Å². The van der Waals surface area contributed by atoms with Gasteiger partial charge in [0, 0.05) is 18.0 Å². The number of carbonyl (C=O) groups excluding carboxylic acids is 1. The topological polar surface area (TPSA) is 68.9 Å². The molecule has 0 fully saturated rings. The molecule has 8 heteroatoms. The van der Waals surface area contributed by atoms with Crippen LogP contribution in [0.3, 0.4) is 0 Å². The molecule has 2 aromatic heterocycles. The number of nitrogens with one attached hydrogen (secondary N) is 1. The number of nitrogens with zero attached hydrogens (tertiary/aromatic N) is 3. The Labute approximate surface area is 211 Å². The number of aromatic nitrogens is 3. The summed E-state index contributed by atoms with van der Waals surface area (Å²) in [4.78, 5) is 31.5. The Morgan fingerprint density at radius 2 is 1.63 bits per heavy atom. The molecule has 0 radical (unpaired) electrons. The van der Waals surface area contributed by atoms with Crippen LogP contribution in [0.1, 0.15) is 16.1 Å². The van der Waals surface area contributed by atoms with Crippen LogP contribution in [0.4, 0.5) is 5.69 Å². The van der Waals surface area contributed by atoms with Gasteiger partial charge in [-0.05, 0) is 43.3 Å². The van der Waals surface area contributed by atoms with Crippen molar-refractivity contribution in [2.45, 2.75) is 6.92 Å². The molecule has 0 aliphatic heterocycles. The predicted octanol–water partition coefficient (Wildman–Crippen LogP) is 6.26. The zero-order chi connectivity index (χ0) is 24.7. The number of hydrogen-bond donors (Lipinski definition) is 1. The van der Waals surface area contributed by atoms with Crippen LogP contribution in [0, 0.1) is 6.92 Å². The van der Waals surface area contributed by atoms with Crippen molar-refractivity contribution < 1.29 is 4.79 Å². The van der Waals surface area contributed by atoms with Gasteiger partial charge in [0.1, 0.15) is 5.69 Å². The molecular formula is C27H20Cl2N4O2. The van der Waals surface area contributed by atoms with Crippen LogP contribution in [0.5, 0.6) is 0 Å². The molecule has 3 aromatic carbocycles. The average molecular weight is 503 g/mol. The third kappa shape index (κ3) is 4.11. The molecule has 5 aromatic rings. The molecule has 1 amide bonds. The van der Waals surface area contributed by atoms with Gasteiger partial charge in [0.15, 0.2) is 0 Å². The number of para-hydroxylation sites is 2. The van der Waals surface area contributed by atoms with Gasteiger partial charge in [-0.25, -0.2) is 9.67 Å². The summed E-state index contributed by atoms with van der Waals surface area (Å²) in [5.74, 6) is -0.407. The first-order chi connectivity index (χ1) is 16.8. The molecule has 5 rings (SSSR count). The van der Waals surface area contributed by atoms with Gasteiger partial charge >= 0.3 is 0 Å². The minimum atomic E-state index is -0.407. The van der Waals surface area contributed by atoms with Crippen molar-refractivity contribution in [2.75, 3.05) is 5.32 Å². The standard InChI is InChI=1S/C27H20Cl2N4O2/c1-16-25(27(35)33(32(16)2)18-8-4-3-5-9-18)31-26(34)20-15-24(17-12-13-21(28)22(29)14-17)30-23-11-7-6-10-19(20)23/h3-15H,1-2H3,(H,31,34). The third-order valence-electron chi connectivity index (χ3n) is 5.97. The first-order valence-corrected chi connectivity index (χ1v) is 11.6. The summed E-state index contributed by atoms with van der Waals surface area (Å²) < 4.78 is 3.25. The minimum Gasteiger partial charge on any atom is -0.316 e. The molecule has 0 saturated carbocycles. The normalized spacial score (nSPS) is 11.1. The van der Waals surface area contributed by atoms with Gasteiger partial charge in [0.25, 0.3) is 11.5 Å². The Hall–Kier alpha value is -3.87. The Balaban J connectivity index is 1.61. The largest absolute Gasteiger partial charge is 0.316 e. The Morgan fingerprint density at radius 1 is 0.914 bits per heavy atom. The second kappa shape index (κ2) is 9.06. The average Bonchev–Trinajstić information content (AvgIpc) is 3.08. The summed E-state index contributed by atoms with van der Waals surface area (Å²) in [5, 5.41) is 4.35. The summed E-state index contributed by atoms with van der Waals surface area (Å²) in [6.07, 6.45) is 0. The predicted molar refractivity (Wildman–Crippen MR) is 141 cm³/mol. The lowest BCUT2D eigenvalue weighted by molar-refractivity contribution is 0.102. The minimum absolute atomic E-state index is 0.221. The fraction of sp³-hybridized carbons (Fsp3) is 0.0741. The molecule has 0 unspecified atom stereocenters. The smallest absolute Gasteiger partial charge is 0.295 e. The number of rotatable bonds is 4. The van der Waals surface area contributed by atoms with E-state index >= 15 is 0 Å². The number of anilines is 1. The van der Waals surface area contributed by atoms with Crippen molar-refractivity contribution in [3.05, 3.63) is 111 Å². The summed E-state index contributed by atoms with van der Waals surface area (Å²) >= 11 is 12.3. The van der Waals surface area contributed by atoms with Gasteiger partial charge < -0.3 is 5.32 Å². The number of halogens is 2. The monoisotopic (exact) mass is 502 g/mol. The fourth-order valence-corrected chi connectivity index (χ4v) is 4.36. The van der Waals surface area contributed by atoms with Gasteiger partial charge in [-0.15, -0.1) is 0 Å². The van der Waals surface area contributed by atoms with Gasteiger partial charge in [0.05, 0.1) is 38.2 Å². The Kier molecular flexibility index (Phi) is 5.93. The van der Waals surface area contributed by atoms with E-state index < -0.39 is 5.91 Å². The van der Waals surface area contributed by atoms with Crippen molar-refractivity contribution in [2.24, 2.45) is 7.05 Å². The maximum Gasteiger partial charge on any atom is 0.295 e. The number of hydrogen-bond acceptors (Lipinski definition) is 3. The van der Waals surface area contributed by atoms with E-state index in [0.29, 0.717) is 43.6 Å². The van der Waals surface area contributed by atoms with E-state index in [1.54, 1.807) is 42.9 Å². The number of amides is 1. The molecule has 0 saturated heterocycles. The van der Waals surface area contributed by atoms with E-state index in [-0.39, 0.29) is 11.2 Å². The Morgan fingerprint density at radius 3 is 2.37 bits per heavy atom. The number of benzene rings is 3. The summed E-state index contributed by atoms with van der Waals surface area (Å²) in [7, 11) is 1.78. The molecule has 1 N–H and O–H groups in total. The summed E-state index contributed by atoms with van der Waals surface area (Å²) in [6, 6.07) is 23.5. The highest BCUT2D eigenvalue weighted by atomic mass is 35.5. The summed E-state index contributed by atoms with van der Waals surface area (Å²) in [6.45, 7) is 1.79. The first kappa shape index (κ1) is 22.9. The maximum atomic E-state index is 13.6. The SMILES string of the molecule is Cc1c(NC(=O)c2cc(-c3ccc(Cl)c(Cl)c3)nc3ccccc23)c(=O)n(-c2ccccc2)n1C. The molecule has 0 atom stereocenters. The van der Waals surface area contributed by atoms with Crippen LogP contribution in [-0.4, -0.2) is 20.3 Å². The number of pyridine rings is 1. The maximum absolute atomic E-state index is 13.6. The van der Waals surface area contributed by atoms with Gasteiger partial charge in [0.2, 0.25) is 0 Å².